The molecule has 2 rings (SSSR count). The monoisotopic (exact) mass is 441 g/mol. The Morgan fingerprint density at radius 3 is 2.58 bits per heavy atom. The molecule has 0 spiro atoms. The highest BCUT2D eigenvalue weighted by molar-refractivity contribution is 14.0. The van der Waals surface area contributed by atoms with Crippen LogP contribution in [0.3, 0.4) is 0 Å². The molecule has 0 aliphatic carbocycles. The Kier molecular flexibility index (Phi) is 9.44. The van der Waals surface area contributed by atoms with E-state index in [1.54, 1.807) is 0 Å². The summed E-state index contributed by atoms with van der Waals surface area (Å²) in [7, 11) is 4.04. The first kappa shape index (κ1) is 20.5. The average Bonchev–Trinajstić information content (AvgIpc) is 2.96. The number of hydrogen-bond acceptors (Lipinski definition) is 2. The van der Waals surface area contributed by atoms with Gasteiger partial charge in [0.25, 0.3) is 0 Å². The summed E-state index contributed by atoms with van der Waals surface area (Å²) >= 11 is 0. The van der Waals surface area contributed by atoms with Gasteiger partial charge in [-0.15, -0.1) is 24.0 Å². The summed E-state index contributed by atoms with van der Waals surface area (Å²) in [5.41, 5.74) is 1.23. The number of benzene rings is 1. The van der Waals surface area contributed by atoms with E-state index >= 15 is 0 Å². The molecule has 0 aliphatic rings. The molecular formula is C18H28IN5. The zero-order chi connectivity index (χ0) is 16.5. The molecule has 0 fully saturated rings. The van der Waals surface area contributed by atoms with Crippen molar-refractivity contribution in [3.8, 4) is 0 Å². The van der Waals surface area contributed by atoms with Crippen LogP contribution in [0.25, 0.3) is 0 Å². The normalized spacial score (nSPS) is 11.0. The molecule has 1 heterocycles. The van der Waals surface area contributed by atoms with E-state index in [0.717, 1.165) is 37.7 Å². The van der Waals surface area contributed by atoms with E-state index in [1.807, 2.05) is 56.5 Å². The highest BCUT2D eigenvalue weighted by Gasteiger charge is 2.01. The molecule has 6 heteroatoms. The topological polar surface area (TPSA) is 45.5 Å². The lowest BCUT2D eigenvalue weighted by molar-refractivity contribution is 0.553. The van der Waals surface area contributed by atoms with Crippen LogP contribution >= 0.6 is 24.0 Å². The highest BCUT2D eigenvalue weighted by Crippen LogP contribution is 2.01. The van der Waals surface area contributed by atoms with Crippen LogP contribution in [0.5, 0.6) is 0 Å². The molecule has 0 radical (unpaired) electrons. The molecule has 2 aromatic rings. The van der Waals surface area contributed by atoms with Crippen molar-refractivity contribution in [2.75, 3.05) is 20.6 Å². The maximum atomic E-state index is 4.67. The van der Waals surface area contributed by atoms with Gasteiger partial charge in [0.2, 0.25) is 0 Å². The zero-order valence-corrected chi connectivity index (χ0v) is 17.1. The largest absolute Gasteiger partial charge is 0.356 e. The van der Waals surface area contributed by atoms with Gasteiger partial charge in [-0.1, -0.05) is 30.3 Å². The second kappa shape index (κ2) is 11.1. The van der Waals surface area contributed by atoms with Gasteiger partial charge in [0.15, 0.2) is 5.96 Å². The first-order valence-corrected chi connectivity index (χ1v) is 8.14. The van der Waals surface area contributed by atoms with Gasteiger partial charge < -0.3 is 14.8 Å². The predicted molar refractivity (Wildman–Crippen MR) is 111 cm³/mol. The van der Waals surface area contributed by atoms with Gasteiger partial charge in [-0.25, -0.2) is 9.98 Å². The number of nitrogens with zero attached hydrogens (tertiary/aromatic N) is 4. The van der Waals surface area contributed by atoms with Gasteiger partial charge in [-0.05, 0) is 25.3 Å². The van der Waals surface area contributed by atoms with E-state index < -0.39 is 0 Å². The van der Waals surface area contributed by atoms with Gasteiger partial charge in [0, 0.05) is 39.6 Å². The van der Waals surface area contributed by atoms with Crippen molar-refractivity contribution in [1.29, 1.82) is 0 Å². The third-order valence-electron chi connectivity index (χ3n) is 3.71. The quantitative estimate of drug-likeness (QED) is 0.311. The lowest BCUT2D eigenvalue weighted by atomic mass is 10.2. The summed E-state index contributed by atoms with van der Waals surface area (Å²) in [4.78, 5) is 10.9. The van der Waals surface area contributed by atoms with E-state index in [1.165, 1.54) is 5.56 Å². The Bertz CT molecular complexity index is 607. The Morgan fingerprint density at radius 2 is 1.96 bits per heavy atom. The van der Waals surface area contributed by atoms with Gasteiger partial charge in [0.05, 0.1) is 6.54 Å². The maximum Gasteiger partial charge on any atom is 0.193 e. The summed E-state index contributed by atoms with van der Waals surface area (Å²) in [6, 6.07) is 10.3. The molecule has 0 unspecified atom stereocenters. The van der Waals surface area contributed by atoms with Crippen molar-refractivity contribution >= 4 is 29.9 Å². The summed E-state index contributed by atoms with van der Waals surface area (Å²) in [6.45, 7) is 4.69. The third-order valence-corrected chi connectivity index (χ3v) is 3.71. The molecule has 132 valence electrons. The number of rotatable bonds is 7. The number of aromatic nitrogens is 2. The Balaban J connectivity index is 0.00000288. The zero-order valence-electron chi connectivity index (χ0n) is 14.8. The van der Waals surface area contributed by atoms with Gasteiger partial charge in [0.1, 0.15) is 5.82 Å². The van der Waals surface area contributed by atoms with Crippen LogP contribution in [0.1, 0.15) is 24.2 Å². The maximum absolute atomic E-state index is 4.67. The number of aliphatic imine (C=N–C) groups is 1. The average molecular weight is 441 g/mol. The van der Waals surface area contributed by atoms with E-state index in [4.69, 9.17) is 0 Å². The van der Waals surface area contributed by atoms with Crippen LogP contribution in [0, 0.1) is 6.92 Å². The molecule has 0 saturated heterocycles. The van der Waals surface area contributed by atoms with Crippen molar-refractivity contribution < 1.29 is 0 Å². The van der Waals surface area contributed by atoms with Gasteiger partial charge >= 0.3 is 0 Å². The molecule has 0 atom stereocenters. The molecule has 5 nitrogen and oxygen atoms in total. The highest BCUT2D eigenvalue weighted by atomic mass is 127. The Hall–Kier alpha value is -1.57. The molecule has 0 amide bonds. The Morgan fingerprint density at radius 1 is 1.21 bits per heavy atom. The van der Waals surface area contributed by atoms with E-state index in [-0.39, 0.29) is 24.0 Å². The summed E-state index contributed by atoms with van der Waals surface area (Å²) < 4.78 is 2.19. The number of guanidine groups is 1. The van der Waals surface area contributed by atoms with Crippen molar-refractivity contribution in [3.05, 3.63) is 54.1 Å². The van der Waals surface area contributed by atoms with E-state index in [9.17, 15) is 0 Å². The van der Waals surface area contributed by atoms with Crippen molar-refractivity contribution in [2.45, 2.75) is 32.9 Å². The number of imidazole rings is 1. The molecule has 1 aromatic heterocycles. The fourth-order valence-corrected chi connectivity index (χ4v) is 2.35. The second-order valence-electron chi connectivity index (χ2n) is 5.82. The fourth-order valence-electron chi connectivity index (χ4n) is 2.35. The van der Waals surface area contributed by atoms with Crippen LogP contribution in [0.4, 0.5) is 0 Å². The second-order valence-corrected chi connectivity index (χ2v) is 5.82. The van der Waals surface area contributed by atoms with Crippen molar-refractivity contribution in [2.24, 2.45) is 4.99 Å². The summed E-state index contributed by atoms with van der Waals surface area (Å²) in [6.07, 6.45) is 6.13. The fraction of sp³-hybridized carbons (Fsp3) is 0.444. The molecule has 1 N–H and O–H groups in total. The predicted octanol–water partition coefficient (Wildman–Crippen LogP) is 3.30. The Labute approximate surface area is 162 Å². The number of unbranched alkanes of at least 4 members (excludes halogenated alkanes) is 1. The number of nitrogens with one attached hydrogen (secondary N) is 1. The molecule has 24 heavy (non-hydrogen) atoms. The van der Waals surface area contributed by atoms with Gasteiger partial charge in [-0.3, -0.25) is 0 Å². The van der Waals surface area contributed by atoms with Crippen LogP contribution < -0.4 is 5.32 Å². The smallest absolute Gasteiger partial charge is 0.193 e. The molecule has 0 saturated carbocycles. The van der Waals surface area contributed by atoms with Crippen LogP contribution in [-0.4, -0.2) is 41.1 Å². The van der Waals surface area contributed by atoms with Crippen LogP contribution in [0.15, 0.2) is 47.7 Å². The van der Waals surface area contributed by atoms with Crippen LogP contribution in [-0.2, 0) is 13.1 Å². The standard InChI is InChI=1S/C18H27N5.HI/c1-16-19-12-14-23(16)13-8-7-11-20-18(22(2)3)21-15-17-9-5-4-6-10-17;/h4-6,9-10,12,14H,7-8,11,13,15H2,1-3H3,(H,20,21);1H. The molecular weight excluding hydrogens is 413 g/mol. The molecule has 0 aliphatic heterocycles. The van der Waals surface area contributed by atoms with E-state index in [0.29, 0.717) is 6.54 Å². The summed E-state index contributed by atoms with van der Waals surface area (Å²) in [5.74, 6) is 2.02. The lowest BCUT2D eigenvalue weighted by Crippen LogP contribution is -2.37. The van der Waals surface area contributed by atoms with Gasteiger partial charge in [-0.2, -0.15) is 0 Å². The van der Waals surface area contributed by atoms with Crippen LogP contribution in [0.2, 0.25) is 0 Å². The number of hydrogen-bond donors (Lipinski definition) is 1. The summed E-state index contributed by atoms with van der Waals surface area (Å²) in [5, 5.41) is 3.44. The number of aryl methyl sites for hydroxylation is 2. The minimum atomic E-state index is 0. The van der Waals surface area contributed by atoms with Crippen molar-refractivity contribution in [3.63, 3.8) is 0 Å². The number of halogens is 1. The first-order chi connectivity index (χ1) is 11.2. The minimum absolute atomic E-state index is 0. The minimum Gasteiger partial charge on any atom is -0.356 e. The third kappa shape index (κ3) is 6.90. The van der Waals surface area contributed by atoms with E-state index in [2.05, 4.69) is 32.0 Å². The SMILES string of the molecule is Cc1nccn1CCCCNC(=NCc1ccccc1)N(C)C.I. The molecule has 0 bridgehead atoms. The van der Waals surface area contributed by atoms with Crippen molar-refractivity contribution in [1.82, 2.24) is 19.8 Å². The molecule has 1 aromatic carbocycles. The first-order valence-electron chi connectivity index (χ1n) is 8.14. The lowest BCUT2D eigenvalue weighted by Gasteiger charge is -2.17.